The maximum Gasteiger partial charge on any atom is 0.338 e. The number of nitrogens with one attached hydrogen (secondary N) is 1. The summed E-state index contributed by atoms with van der Waals surface area (Å²) in [5.41, 5.74) is 1.07. The number of aliphatic imine (C=N–C) groups is 2. The van der Waals surface area contributed by atoms with Gasteiger partial charge >= 0.3 is 11.9 Å². The van der Waals surface area contributed by atoms with E-state index < -0.39 is 40.3 Å². The molecule has 0 bridgehead atoms. The standard InChI is InChI=1S/C23H24ClFN4O4S2/c1-3-33-23(32)18-16(11-29-7-8-34-12-17(29)22(30)31)27-20(21-26-6-9-35(21)2)28-19(18)14-5-4-13(25)10-15(14)24/h4-6,9-10,17,19H,2-3,7-8,11-12H2,1H3,(H,27,28)(H,30,31)/t17-,19-,35?/m0/s1. The largest absolute Gasteiger partial charge is 0.480 e. The van der Waals surface area contributed by atoms with Crippen molar-refractivity contribution in [2.75, 3.05) is 31.2 Å². The van der Waals surface area contributed by atoms with Gasteiger partial charge in [-0.1, -0.05) is 23.5 Å². The summed E-state index contributed by atoms with van der Waals surface area (Å²) >= 11 is 7.97. The molecule has 3 heterocycles. The van der Waals surface area contributed by atoms with Gasteiger partial charge in [-0.3, -0.25) is 14.7 Å². The Balaban J connectivity index is 1.84. The smallest absolute Gasteiger partial charge is 0.338 e. The molecule has 3 aliphatic heterocycles. The van der Waals surface area contributed by atoms with Gasteiger partial charge in [-0.15, -0.1) is 10.5 Å². The van der Waals surface area contributed by atoms with Crippen LogP contribution >= 0.6 is 33.8 Å². The lowest BCUT2D eigenvalue weighted by atomic mass is 9.95. The van der Waals surface area contributed by atoms with Crippen LogP contribution < -0.4 is 5.32 Å². The third-order valence-corrected chi connectivity index (χ3v) is 8.23. The van der Waals surface area contributed by atoms with E-state index in [1.54, 1.807) is 24.9 Å². The molecule has 0 aliphatic carbocycles. The number of hydrogen-bond donors (Lipinski definition) is 2. The average Bonchev–Trinajstić information content (AvgIpc) is 3.25. The Bertz CT molecular complexity index is 1200. The maximum atomic E-state index is 13.8. The Morgan fingerprint density at radius 1 is 1.46 bits per heavy atom. The number of nitrogens with zero attached hydrogens (tertiary/aromatic N) is 3. The van der Waals surface area contributed by atoms with Crippen molar-refractivity contribution in [1.29, 1.82) is 0 Å². The van der Waals surface area contributed by atoms with Gasteiger partial charge in [0.25, 0.3) is 0 Å². The molecule has 0 saturated carbocycles. The van der Waals surface area contributed by atoms with Crippen LogP contribution in [0.5, 0.6) is 0 Å². The molecule has 1 unspecified atom stereocenters. The summed E-state index contributed by atoms with van der Waals surface area (Å²) in [7, 11) is -0.566. The van der Waals surface area contributed by atoms with E-state index in [0.717, 1.165) is 5.75 Å². The third-order valence-electron chi connectivity index (χ3n) is 5.63. The SMILES string of the molecule is C=S1C=CN=C1C1=N[C@@H](c2ccc(F)cc2Cl)C(C(=O)OCC)=C(CN2CCSC[C@H]2C(=O)O)N1. The molecule has 2 N–H and O–H groups in total. The summed E-state index contributed by atoms with van der Waals surface area (Å²) < 4.78 is 19.2. The average molecular weight is 539 g/mol. The van der Waals surface area contributed by atoms with Crippen molar-refractivity contribution < 1.29 is 23.8 Å². The van der Waals surface area contributed by atoms with Gasteiger partial charge in [-0.25, -0.2) is 14.2 Å². The van der Waals surface area contributed by atoms with Crippen molar-refractivity contribution in [3.63, 3.8) is 0 Å². The topological polar surface area (TPSA) is 104 Å². The first-order valence-electron chi connectivity index (χ1n) is 10.8. The highest BCUT2D eigenvalue weighted by atomic mass is 35.5. The van der Waals surface area contributed by atoms with E-state index in [1.165, 1.54) is 18.2 Å². The molecule has 12 heteroatoms. The number of carboxylic acid groups (broad SMARTS) is 1. The minimum absolute atomic E-state index is 0.110. The van der Waals surface area contributed by atoms with E-state index in [9.17, 15) is 19.1 Å². The maximum absolute atomic E-state index is 13.8. The highest BCUT2D eigenvalue weighted by Gasteiger charge is 2.37. The third kappa shape index (κ3) is 5.53. The Labute approximate surface area is 213 Å². The summed E-state index contributed by atoms with van der Waals surface area (Å²) in [6, 6.07) is 2.29. The van der Waals surface area contributed by atoms with E-state index in [-0.39, 0.29) is 23.7 Å². The van der Waals surface area contributed by atoms with Gasteiger partial charge in [-0.05, 0) is 24.5 Å². The predicted octanol–water partition coefficient (Wildman–Crippen LogP) is 3.43. The van der Waals surface area contributed by atoms with Crippen LogP contribution in [-0.2, 0) is 14.3 Å². The number of aliphatic carboxylic acids is 1. The van der Waals surface area contributed by atoms with Gasteiger partial charge in [0.15, 0.2) is 5.84 Å². The fraction of sp³-hybridized carbons (Fsp3) is 0.348. The quantitative estimate of drug-likeness (QED) is 0.405. The lowest BCUT2D eigenvalue weighted by Crippen LogP contribution is -2.50. The molecule has 1 saturated heterocycles. The molecule has 1 fully saturated rings. The first-order chi connectivity index (χ1) is 16.8. The number of halogens is 2. The zero-order chi connectivity index (χ0) is 25.1. The van der Waals surface area contributed by atoms with Crippen LogP contribution in [0.2, 0.25) is 5.02 Å². The molecule has 4 rings (SSSR count). The van der Waals surface area contributed by atoms with Gasteiger partial charge < -0.3 is 15.2 Å². The summed E-state index contributed by atoms with van der Waals surface area (Å²) in [6.07, 6.45) is 1.64. The molecule has 1 aromatic rings. The van der Waals surface area contributed by atoms with Crippen LogP contribution in [0.3, 0.4) is 0 Å². The fourth-order valence-electron chi connectivity index (χ4n) is 3.97. The molecule has 3 atom stereocenters. The number of benzene rings is 1. The number of carbonyl (C=O) groups excluding carboxylic acids is 1. The molecule has 8 nitrogen and oxygen atoms in total. The fourth-order valence-corrected chi connectivity index (χ4v) is 6.24. The van der Waals surface area contributed by atoms with Gasteiger partial charge in [0.05, 0.1) is 12.2 Å². The Hall–Kier alpha value is -2.47. The van der Waals surface area contributed by atoms with Crippen LogP contribution in [0.1, 0.15) is 18.5 Å². The van der Waals surface area contributed by atoms with E-state index in [4.69, 9.17) is 21.3 Å². The molecule has 186 valence electrons. The van der Waals surface area contributed by atoms with E-state index in [1.807, 2.05) is 10.3 Å². The second-order valence-corrected chi connectivity index (χ2v) is 10.9. The van der Waals surface area contributed by atoms with Crippen LogP contribution in [-0.4, -0.2) is 75.9 Å². The highest BCUT2D eigenvalue weighted by Crippen LogP contribution is 2.37. The van der Waals surface area contributed by atoms with E-state index in [0.29, 0.717) is 34.4 Å². The van der Waals surface area contributed by atoms with Crippen LogP contribution in [0.25, 0.3) is 0 Å². The number of carbonyl (C=O) groups is 2. The molecule has 0 amide bonds. The monoisotopic (exact) mass is 538 g/mol. The van der Waals surface area contributed by atoms with Gasteiger partial charge in [0.1, 0.15) is 22.9 Å². The highest BCUT2D eigenvalue weighted by molar-refractivity contribution is 8.31. The summed E-state index contributed by atoms with van der Waals surface area (Å²) in [5, 5.41) is 15.5. The minimum atomic E-state index is -0.929. The molecule has 0 radical (unpaired) electrons. The second-order valence-electron chi connectivity index (χ2n) is 7.83. The Morgan fingerprint density at radius 2 is 2.26 bits per heavy atom. The molecular weight excluding hydrogens is 515 g/mol. The van der Waals surface area contributed by atoms with Crippen LogP contribution in [0.4, 0.5) is 4.39 Å². The van der Waals surface area contributed by atoms with Gasteiger partial charge in [0, 0.05) is 47.1 Å². The number of carboxylic acids is 1. The summed E-state index contributed by atoms with van der Waals surface area (Å²) in [5.74, 6) is 3.64. The Kier molecular flexibility index (Phi) is 8.10. The molecule has 35 heavy (non-hydrogen) atoms. The van der Waals surface area contributed by atoms with E-state index in [2.05, 4.69) is 16.2 Å². The number of esters is 1. The second kappa shape index (κ2) is 11.1. The predicted molar refractivity (Wildman–Crippen MR) is 140 cm³/mol. The number of amidine groups is 1. The number of rotatable bonds is 7. The van der Waals surface area contributed by atoms with Gasteiger partial charge in [-0.2, -0.15) is 11.8 Å². The Morgan fingerprint density at radius 3 is 2.91 bits per heavy atom. The zero-order valence-electron chi connectivity index (χ0n) is 18.9. The summed E-state index contributed by atoms with van der Waals surface area (Å²) in [6.45, 7) is 2.50. The van der Waals surface area contributed by atoms with Crippen molar-refractivity contribution in [3.05, 3.63) is 57.5 Å². The zero-order valence-corrected chi connectivity index (χ0v) is 21.3. The summed E-state index contributed by atoms with van der Waals surface area (Å²) in [4.78, 5) is 36.1. The lowest BCUT2D eigenvalue weighted by molar-refractivity contribution is -0.142. The first-order valence-corrected chi connectivity index (χ1v) is 13.8. The number of hydrogen-bond acceptors (Lipinski definition) is 8. The number of ether oxygens (including phenoxy) is 1. The molecular formula is C23H24ClFN4O4S2. The van der Waals surface area contributed by atoms with Crippen molar-refractivity contribution >= 4 is 62.5 Å². The van der Waals surface area contributed by atoms with Gasteiger partial charge in [0.2, 0.25) is 0 Å². The molecule has 0 spiro atoms. The number of thioether (sulfide) groups is 1. The molecule has 1 aromatic carbocycles. The first kappa shape index (κ1) is 25.6. The normalized spacial score (nSPS) is 24.6. The van der Waals surface area contributed by atoms with Crippen molar-refractivity contribution in [1.82, 2.24) is 10.2 Å². The van der Waals surface area contributed by atoms with E-state index >= 15 is 0 Å². The van der Waals surface area contributed by atoms with Crippen molar-refractivity contribution in [3.8, 4) is 0 Å². The molecule has 3 aliphatic rings. The van der Waals surface area contributed by atoms with Crippen molar-refractivity contribution in [2.45, 2.75) is 19.0 Å². The lowest BCUT2D eigenvalue weighted by Gasteiger charge is -2.35. The van der Waals surface area contributed by atoms with Crippen LogP contribution in [0, 0.1) is 5.82 Å². The molecule has 0 aromatic heterocycles. The van der Waals surface area contributed by atoms with Crippen molar-refractivity contribution in [2.24, 2.45) is 9.98 Å². The minimum Gasteiger partial charge on any atom is -0.480 e. The van der Waals surface area contributed by atoms with Crippen LogP contribution in [0.15, 0.2) is 51.1 Å².